The van der Waals surface area contributed by atoms with Crippen LogP contribution >= 0.6 is 11.6 Å². The summed E-state index contributed by atoms with van der Waals surface area (Å²) >= 11 is 5.74. The van der Waals surface area contributed by atoms with Crippen molar-refractivity contribution in [3.05, 3.63) is 52.3 Å². The van der Waals surface area contributed by atoms with Crippen molar-refractivity contribution < 1.29 is 14.3 Å². The number of aromatic nitrogens is 6. The van der Waals surface area contributed by atoms with Crippen molar-refractivity contribution in [2.45, 2.75) is 38.5 Å². The number of nitrogens with one attached hydrogen (secondary N) is 1. The molecule has 0 aliphatic carbocycles. The Hall–Kier alpha value is -3.86. The molecule has 5 rings (SSSR count). The average Bonchev–Trinajstić information content (AvgIpc) is 3.38. The van der Waals surface area contributed by atoms with E-state index in [2.05, 4.69) is 37.3 Å². The molecule has 4 N–H and O–H groups in total. The minimum atomic E-state index is -1.45. The zero-order chi connectivity index (χ0) is 24.2. The molecule has 4 aromatic rings. The van der Waals surface area contributed by atoms with Gasteiger partial charge in [0, 0.05) is 0 Å². The maximum Gasteiger partial charge on any atom is 0.240 e. The number of rotatable bonds is 5. The first-order chi connectivity index (χ1) is 16.2. The van der Waals surface area contributed by atoms with Crippen LogP contribution in [-0.4, -0.2) is 40.6 Å². The van der Waals surface area contributed by atoms with E-state index in [9.17, 15) is 14.3 Å². The van der Waals surface area contributed by atoms with Gasteiger partial charge >= 0.3 is 0 Å². The van der Waals surface area contributed by atoms with Crippen molar-refractivity contribution in [1.82, 2.24) is 29.5 Å². The van der Waals surface area contributed by atoms with Crippen molar-refractivity contribution in [1.29, 1.82) is 0 Å². The number of halogens is 2. The van der Waals surface area contributed by atoms with Crippen molar-refractivity contribution in [2.24, 2.45) is 0 Å². The maximum atomic E-state index is 14.3. The molecule has 0 bridgehead atoms. The van der Waals surface area contributed by atoms with Crippen LogP contribution in [0.3, 0.4) is 0 Å². The minimum absolute atomic E-state index is 0.0197. The number of aryl methyl sites for hydroxylation is 1. The SMILES string of the molecule is CCCCc1nc(-c2nc(N)c3c(n2)NC(=O)[C@@]3(C)c2cc(O)c(Cl)c(F)c2)cn2ncnc12. The molecule has 1 aliphatic heterocycles. The fraction of sp³-hybridized carbons (Fsp3) is 0.273. The number of unbranched alkanes of at least 4 members (excludes halogenated alkanes) is 1. The van der Waals surface area contributed by atoms with Gasteiger partial charge in [-0.3, -0.25) is 4.79 Å². The zero-order valence-corrected chi connectivity index (χ0v) is 19.1. The molecule has 0 spiro atoms. The van der Waals surface area contributed by atoms with Gasteiger partial charge in [0.25, 0.3) is 0 Å². The lowest BCUT2D eigenvalue weighted by Gasteiger charge is -2.24. The highest BCUT2D eigenvalue weighted by atomic mass is 35.5. The zero-order valence-electron chi connectivity index (χ0n) is 18.3. The van der Waals surface area contributed by atoms with Gasteiger partial charge in [-0.2, -0.15) is 5.10 Å². The molecule has 34 heavy (non-hydrogen) atoms. The highest BCUT2D eigenvalue weighted by Gasteiger charge is 2.48. The Balaban J connectivity index is 1.65. The third-order valence-corrected chi connectivity index (χ3v) is 6.41. The number of nitrogens with two attached hydrogens (primary N) is 1. The minimum Gasteiger partial charge on any atom is -0.506 e. The van der Waals surface area contributed by atoms with Crippen LogP contribution in [0.15, 0.2) is 24.7 Å². The summed E-state index contributed by atoms with van der Waals surface area (Å²) in [7, 11) is 0. The van der Waals surface area contributed by atoms with E-state index in [1.807, 2.05) is 0 Å². The molecule has 0 fully saturated rings. The number of carbonyl (C=O) groups is 1. The molecule has 0 radical (unpaired) electrons. The van der Waals surface area contributed by atoms with Crippen LogP contribution < -0.4 is 11.1 Å². The summed E-state index contributed by atoms with van der Waals surface area (Å²) in [5, 5.41) is 16.5. The first-order valence-electron chi connectivity index (χ1n) is 10.6. The fourth-order valence-corrected chi connectivity index (χ4v) is 4.28. The van der Waals surface area contributed by atoms with Gasteiger partial charge in [0.15, 0.2) is 11.5 Å². The number of phenolic OH excluding ortho intramolecular Hbond substituents is 1. The number of anilines is 2. The summed E-state index contributed by atoms with van der Waals surface area (Å²) in [6.45, 7) is 3.64. The van der Waals surface area contributed by atoms with E-state index < -0.39 is 27.9 Å². The Morgan fingerprint density at radius 1 is 1.29 bits per heavy atom. The predicted molar refractivity (Wildman–Crippen MR) is 123 cm³/mol. The maximum absolute atomic E-state index is 14.3. The molecule has 1 aromatic carbocycles. The first-order valence-corrected chi connectivity index (χ1v) is 11.0. The molecule has 12 heteroatoms. The van der Waals surface area contributed by atoms with Gasteiger partial charge in [0.2, 0.25) is 5.91 Å². The van der Waals surface area contributed by atoms with Crippen molar-refractivity contribution in [2.75, 3.05) is 11.1 Å². The molecule has 0 saturated heterocycles. The number of amides is 1. The van der Waals surface area contributed by atoms with Crippen molar-refractivity contribution in [3.8, 4) is 17.3 Å². The summed E-state index contributed by atoms with van der Waals surface area (Å²) in [6.07, 6.45) is 5.69. The summed E-state index contributed by atoms with van der Waals surface area (Å²) in [6, 6.07) is 2.32. The molecule has 3 aromatic heterocycles. The monoisotopic (exact) mass is 482 g/mol. The van der Waals surface area contributed by atoms with Gasteiger partial charge < -0.3 is 16.2 Å². The van der Waals surface area contributed by atoms with Gasteiger partial charge in [-0.05, 0) is 37.5 Å². The molecule has 10 nitrogen and oxygen atoms in total. The van der Waals surface area contributed by atoms with Crippen molar-refractivity contribution >= 4 is 34.8 Å². The van der Waals surface area contributed by atoms with Gasteiger partial charge in [-0.1, -0.05) is 24.9 Å². The number of hydrogen-bond donors (Lipinski definition) is 3. The van der Waals surface area contributed by atoms with E-state index in [1.54, 1.807) is 17.6 Å². The topological polar surface area (TPSA) is 144 Å². The second kappa shape index (κ2) is 7.87. The van der Waals surface area contributed by atoms with E-state index in [4.69, 9.17) is 17.3 Å². The van der Waals surface area contributed by atoms with Crippen LogP contribution in [-0.2, 0) is 16.6 Å². The highest BCUT2D eigenvalue weighted by Crippen LogP contribution is 2.46. The number of benzene rings is 1. The Morgan fingerprint density at radius 2 is 2.09 bits per heavy atom. The second-order valence-corrected chi connectivity index (χ2v) is 8.61. The molecule has 1 aliphatic rings. The quantitative estimate of drug-likeness (QED) is 0.393. The third kappa shape index (κ3) is 3.23. The number of phenols is 1. The molecule has 4 heterocycles. The standard InChI is InChI=1S/C22H20ClFN8O2/c1-3-4-5-12-20-26-9-27-32(20)8-13(28-12)18-29-17(25)15-19(30-18)31-21(34)22(15,2)10-6-11(24)16(23)14(33)7-10/h6-9,33H,3-5H2,1-2H3,(H3,25,29,30,31,34)/t22-/m0/s1. The smallest absolute Gasteiger partial charge is 0.240 e. The number of fused-ring (bicyclic) bond motifs is 2. The molecule has 0 unspecified atom stereocenters. The van der Waals surface area contributed by atoms with Crippen LogP contribution in [0.4, 0.5) is 16.0 Å². The normalized spacial score (nSPS) is 17.2. The van der Waals surface area contributed by atoms with Crippen LogP contribution in [0, 0.1) is 5.82 Å². The lowest BCUT2D eigenvalue weighted by molar-refractivity contribution is -0.119. The number of carbonyl (C=O) groups excluding carboxylic acids is 1. The molecular formula is C22H20ClFN8O2. The Morgan fingerprint density at radius 3 is 2.82 bits per heavy atom. The summed E-state index contributed by atoms with van der Waals surface area (Å²) in [5.74, 6) is -1.45. The van der Waals surface area contributed by atoms with E-state index in [-0.39, 0.29) is 28.6 Å². The Bertz CT molecular complexity index is 1450. The molecular weight excluding hydrogens is 463 g/mol. The Labute approximate surface area is 198 Å². The van der Waals surface area contributed by atoms with E-state index in [0.29, 0.717) is 17.8 Å². The van der Waals surface area contributed by atoms with Crippen LogP contribution in [0.1, 0.15) is 43.5 Å². The van der Waals surface area contributed by atoms with Gasteiger partial charge in [-0.25, -0.2) is 28.8 Å². The highest BCUT2D eigenvalue weighted by molar-refractivity contribution is 6.32. The molecule has 174 valence electrons. The lowest BCUT2D eigenvalue weighted by atomic mass is 9.77. The fourth-order valence-electron chi connectivity index (χ4n) is 4.17. The first kappa shape index (κ1) is 22.0. The number of nitrogens with zero attached hydrogens (tertiary/aromatic N) is 6. The molecule has 1 atom stereocenters. The van der Waals surface area contributed by atoms with Gasteiger partial charge in [-0.15, -0.1) is 0 Å². The van der Waals surface area contributed by atoms with Gasteiger partial charge in [0.05, 0.1) is 17.5 Å². The summed E-state index contributed by atoms with van der Waals surface area (Å²) in [5.41, 5.74) is 7.12. The Kier molecular flexibility index (Phi) is 5.08. The van der Waals surface area contributed by atoms with Crippen LogP contribution in [0.25, 0.3) is 17.2 Å². The predicted octanol–water partition coefficient (Wildman–Crippen LogP) is 3.26. The number of hydrogen-bond acceptors (Lipinski definition) is 8. The average molecular weight is 483 g/mol. The largest absolute Gasteiger partial charge is 0.506 e. The van der Waals surface area contributed by atoms with E-state index >= 15 is 0 Å². The van der Waals surface area contributed by atoms with Crippen LogP contribution in [0.2, 0.25) is 5.02 Å². The third-order valence-electron chi connectivity index (χ3n) is 6.04. The van der Waals surface area contributed by atoms with Crippen molar-refractivity contribution in [3.63, 3.8) is 0 Å². The summed E-state index contributed by atoms with van der Waals surface area (Å²) in [4.78, 5) is 30.9. The number of aromatic hydroxyl groups is 1. The van der Waals surface area contributed by atoms with Gasteiger partial charge in [0.1, 0.15) is 45.7 Å². The second-order valence-electron chi connectivity index (χ2n) is 8.23. The summed E-state index contributed by atoms with van der Waals surface area (Å²) < 4.78 is 15.9. The number of nitrogen functional groups attached to an aromatic ring is 1. The van der Waals surface area contributed by atoms with E-state index in [0.717, 1.165) is 24.6 Å². The molecule has 1 amide bonds. The lowest BCUT2D eigenvalue weighted by Crippen LogP contribution is -2.33. The molecule has 0 saturated carbocycles. The van der Waals surface area contributed by atoms with Crippen LogP contribution in [0.5, 0.6) is 5.75 Å². The van der Waals surface area contributed by atoms with E-state index in [1.165, 1.54) is 12.4 Å².